The van der Waals surface area contributed by atoms with Crippen LogP contribution in [0.15, 0.2) is 0 Å². The number of piperazine rings is 1. The number of rotatable bonds is 3. The fraction of sp³-hybridized carbons (Fsp3) is 0.923. The fourth-order valence-electron chi connectivity index (χ4n) is 3.17. The number of nitrogens with two attached hydrogens (primary N) is 1. The van der Waals surface area contributed by atoms with Crippen LogP contribution in [0.4, 0.5) is 0 Å². The van der Waals surface area contributed by atoms with Crippen molar-refractivity contribution in [3.63, 3.8) is 0 Å². The normalized spacial score (nSPS) is 28.9. The maximum atomic E-state index is 12.5. The average molecular weight is 237 g/mol. The molecule has 1 heterocycles. The Morgan fingerprint density at radius 3 is 2.24 bits per heavy atom. The Morgan fingerprint density at radius 2 is 1.82 bits per heavy atom. The first kappa shape index (κ1) is 11.5. The van der Waals surface area contributed by atoms with Gasteiger partial charge in [-0.05, 0) is 25.7 Å². The van der Waals surface area contributed by atoms with E-state index in [9.17, 15) is 4.79 Å². The largest absolute Gasteiger partial charge is 0.340 e. The second kappa shape index (κ2) is 4.25. The number of nitrogens with zero attached hydrogens (tertiary/aromatic N) is 2. The van der Waals surface area contributed by atoms with E-state index in [1.54, 1.807) is 0 Å². The van der Waals surface area contributed by atoms with E-state index in [1.165, 1.54) is 19.3 Å². The predicted octanol–water partition coefficient (Wildman–Crippen LogP) is 0.422. The molecule has 2 saturated carbocycles. The van der Waals surface area contributed by atoms with Crippen LogP contribution in [-0.2, 0) is 4.79 Å². The van der Waals surface area contributed by atoms with Gasteiger partial charge in [0, 0.05) is 38.8 Å². The lowest BCUT2D eigenvalue weighted by Crippen LogP contribution is -2.57. The molecule has 0 spiro atoms. The molecular weight excluding hydrogens is 214 g/mol. The van der Waals surface area contributed by atoms with Gasteiger partial charge in [-0.2, -0.15) is 0 Å². The summed E-state index contributed by atoms with van der Waals surface area (Å²) < 4.78 is 0. The Hall–Kier alpha value is -0.610. The second-order valence-electron chi connectivity index (χ2n) is 5.90. The molecule has 0 aromatic heterocycles. The van der Waals surface area contributed by atoms with Gasteiger partial charge in [-0.1, -0.05) is 6.42 Å². The molecule has 0 unspecified atom stereocenters. The molecule has 0 radical (unpaired) electrons. The van der Waals surface area contributed by atoms with Crippen molar-refractivity contribution in [1.29, 1.82) is 0 Å². The van der Waals surface area contributed by atoms with Crippen LogP contribution in [0.2, 0.25) is 0 Å². The van der Waals surface area contributed by atoms with Crippen LogP contribution in [0.3, 0.4) is 0 Å². The first-order valence-corrected chi connectivity index (χ1v) is 6.99. The smallest absolute Gasteiger partial charge is 0.230 e. The summed E-state index contributed by atoms with van der Waals surface area (Å²) in [6, 6.07) is 0.833. The van der Waals surface area contributed by atoms with Gasteiger partial charge in [0.1, 0.15) is 0 Å². The second-order valence-corrected chi connectivity index (χ2v) is 5.90. The number of hydrogen-bond acceptors (Lipinski definition) is 3. The molecule has 17 heavy (non-hydrogen) atoms. The van der Waals surface area contributed by atoms with Crippen LogP contribution in [0, 0.1) is 5.41 Å². The first-order valence-electron chi connectivity index (χ1n) is 6.99. The highest BCUT2D eigenvalue weighted by molar-refractivity contribution is 5.84. The molecule has 4 heteroatoms. The standard InChI is InChI=1S/C13H23N3O/c14-10-13(4-1-5-13)12(17)16-8-6-15(7-9-16)11-2-3-11/h11H,1-10,14H2. The van der Waals surface area contributed by atoms with E-state index in [1.807, 2.05) is 0 Å². The number of hydrogen-bond donors (Lipinski definition) is 1. The van der Waals surface area contributed by atoms with Crippen molar-refractivity contribution in [1.82, 2.24) is 9.80 Å². The maximum absolute atomic E-state index is 12.5. The van der Waals surface area contributed by atoms with Crippen LogP contribution >= 0.6 is 0 Å². The molecule has 3 aliphatic rings. The Bertz CT molecular complexity index is 296. The minimum Gasteiger partial charge on any atom is -0.340 e. The quantitative estimate of drug-likeness (QED) is 0.774. The van der Waals surface area contributed by atoms with E-state index >= 15 is 0 Å². The van der Waals surface area contributed by atoms with Crippen LogP contribution < -0.4 is 5.73 Å². The minimum absolute atomic E-state index is 0.179. The van der Waals surface area contributed by atoms with Crippen molar-refractivity contribution in [3.8, 4) is 0 Å². The highest BCUT2D eigenvalue weighted by Gasteiger charge is 2.45. The predicted molar refractivity (Wildman–Crippen MR) is 66.5 cm³/mol. The van der Waals surface area contributed by atoms with Crippen LogP contribution in [0.25, 0.3) is 0 Å². The van der Waals surface area contributed by atoms with Gasteiger partial charge in [0.15, 0.2) is 0 Å². The Labute approximate surface area is 103 Å². The lowest BCUT2D eigenvalue weighted by Gasteiger charge is -2.45. The summed E-state index contributed by atoms with van der Waals surface area (Å²) in [5, 5.41) is 0. The zero-order valence-corrected chi connectivity index (χ0v) is 10.5. The average Bonchev–Trinajstić information content (AvgIpc) is 3.12. The molecule has 1 amide bonds. The highest BCUT2D eigenvalue weighted by Crippen LogP contribution is 2.41. The highest BCUT2D eigenvalue weighted by atomic mass is 16.2. The summed E-state index contributed by atoms with van der Waals surface area (Å²) >= 11 is 0. The summed E-state index contributed by atoms with van der Waals surface area (Å²) in [6.45, 7) is 4.50. The monoisotopic (exact) mass is 237 g/mol. The van der Waals surface area contributed by atoms with Crippen molar-refractivity contribution < 1.29 is 4.79 Å². The maximum Gasteiger partial charge on any atom is 0.230 e. The van der Waals surface area contributed by atoms with Crippen molar-refractivity contribution in [2.24, 2.45) is 11.1 Å². The fourth-order valence-corrected chi connectivity index (χ4v) is 3.17. The molecule has 3 rings (SSSR count). The SMILES string of the molecule is NCC1(C(=O)N2CCN(C3CC3)CC2)CCC1. The summed E-state index contributed by atoms with van der Waals surface area (Å²) in [4.78, 5) is 17.1. The number of carbonyl (C=O) groups excluding carboxylic acids is 1. The Kier molecular flexibility index (Phi) is 2.87. The lowest BCUT2D eigenvalue weighted by molar-refractivity contribution is -0.148. The summed E-state index contributed by atoms with van der Waals surface area (Å²) in [7, 11) is 0. The molecule has 96 valence electrons. The zero-order chi connectivity index (χ0) is 11.9. The Balaban J connectivity index is 1.56. The first-order chi connectivity index (χ1) is 8.25. The van der Waals surface area contributed by atoms with Crippen LogP contribution in [0.5, 0.6) is 0 Å². The molecule has 2 N–H and O–H groups in total. The van der Waals surface area contributed by atoms with Crippen molar-refractivity contribution >= 4 is 5.91 Å². The minimum atomic E-state index is -0.179. The molecule has 0 bridgehead atoms. The Morgan fingerprint density at radius 1 is 1.18 bits per heavy atom. The van der Waals surface area contributed by atoms with E-state index in [-0.39, 0.29) is 5.41 Å². The van der Waals surface area contributed by atoms with Crippen LogP contribution in [-0.4, -0.2) is 54.5 Å². The molecule has 2 aliphatic carbocycles. The number of amides is 1. The van der Waals surface area contributed by atoms with Gasteiger partial charge in [0.05, 0.1) is 5.41 Å². The number of carbonyl (C=O) groups is 1. The zero-order valence-electron chi connectivity index (χ0n) is 10.5. The summed E-state index contributed by atoms with van der Waals surface area (Å²) in [5.74, 6) is 0.335. The molecule has 0 aromatic carbocycles. The third-order valence-corrected chi connectivity index (χ3v) is 4.82. The van der Waals surface area contributed by atoms with E-state index < -0.39 is 0 Å². The molecule has 0 atom stereocenters. The lowest BCUT2D eigenvalue weighted by atomic mass is 9.67. The molecule has 1 aliphatic heterocycles. The van der Waals surface area contributed by atoms with Gasteiger partial charge in [-0.15, -0.1) is 0 Å². The van der Waals surface area contributed by atoms with Gasteiger partial charge < -0.3 is 10.6 Å². The van der Waals surface area contributed by atoms with E-state index in [2.05, 4.69) is 9.80 Å². The summed E-state index contributed by atoms with van der Waals surface area (Å²) in [6.07, 6.45) is 5.91. The third-order valence-electron chi connectivity index (χ3n) is 4.82. The van der Waals surface area contributed by atoms with E-state index in [0.29, 0.717) is 12.5 Å². The van der Waals surface area contributed by atoms with Crippen molar-refractivity contribution in [2.45, 2.75) is 38.1 Å². The van der Waals surface area contributed by atoms with Crippen molar-refractivity contribution in [2.75, 3.05) is 32.7 Å². The van der Waals surface area contributed by atoms with Gasteiger partial charge >= 0.3 is 0 Å². The van der Waals surface area contributed by atoms with Gasteiger partial charge in [-0.3, -0.25) is 9.69 Å². The molecule has 0 aromatic rings. The summed E-state index contributed by atoms with van der Waals surface area (Å²) in [5.41, 5.74) is 5.63. The van der Waals surface area contributed by atoms with Crippen LogP contribution in [0.1, 0.15) is 32.1 Å². The van der Waals surface area contributed by atoms with Crippen molar-refractivity contribution in [3.05, 3.63) is 0 Å². The van der Waals surface area contributed by atoms with E-state index in [0.717, 1.165) is 45.1 Å². The van der Waals surface area contributed by atoms with E-state index in [4.69, 9.17) is 5.73 Å². The van der Waals surface area contributed by atoms with Gasteiger partial charge in [0.25, 0.3) is 0 Å². The molecule has 4 nitrogen and oxygen atoms in total. The topological polar surface area (TPSA) is 49.6 Å². The van der Waals surface area contributed by atoms with Gasteiger partial charge in [0.2, 0.25) is 5.91 Å². The molecular formula is C13H23N3O. The van der Waals surface area contributed by atoms with Gasteiger partial charge in [-0.25, -0.2) is 0 Å². The molecule has 3 fully saturated rings. The third kappa shape index (κ3) is 1.97. The molecule has 1 saturated heterocycles.